The maximum absolute atomic E-state index is 10.9. The third-order valence-electron chi connectivity index (χ3n) is 1.29. The normalized spacial score (nSPS) is 23.5. The van der Waals surface area contributed by atoms with Gasteiger partial charge in [0.25, 0.3) is 10.1 Å². The topological polar surface area (TPSA) is 55.9 Å². The summed E-state index contributed by atoms with van der Waals surface area (Å²) in [7, 11) is -3.27. The van der Waals surface area contributed by atoms with Crippen molar-refractivity contribution in [1.29, 1.82) is 0 Å². The Kier molecular flexibility index (Phi) is 2.86. The zero-order valence-corrected chi connectivity index (χ0v) is 7.26. The Morgan fingerprint density at radius 1 is 1.64 bits per heavy atom. The van der Waals surface area contributed by atoms with Crippen molar-refractivity contribution in [2.24, 2.45) is 0 Å². The van der Waals surface area contributed by atoms with E-state index in [1.54, 1.807) is 6.92 Å². The molecule has 11 heavy (non-hydrogen) atoms. The molecule has 4 nitrogen and oxygen atoms in total. The molecule has 66 valence electrons. The molecule has 1 atom stereocenters. The Morgan fingerprint density at radius 3 is 2.73 bits per heavy atom. The summed E-state index contributed by atoms with van der Waals surface area (Å²) in [5, 5.41) is 0. The number of rotatable bonds is 5. The van der Waals surface area contributed by atoms with Gasteiger partial charge in [0.15, 0.2) is 0 Å². The third-order valence-corrected chi connectivity index (χ3v) is 2.69. The van der Waals surface area contributed by atoms with Crippen LogP contribution < -0.4 is 0 Å². The zero-order valence-electron chi connectivity index (χ0n) is 6.45. The van der Waals surface area contributed by atoms with E-state index in [2.05, 4.69) is 4.18 Å². The lowest BCUT2D eigenvalue weighted by Gasteiger charge is -2.00. The first-order valence-electron chi connectivity index (χ1n) is 3.63. The van der Waals surface area contributed by atoms with Crippen molar-refractivity contribution in [3.63, 3.8) is 0 Å². The molecule has 5 heteroatoms. The van der Waals surface area contributed by atoms with Crippen LogP contribution in [0.25, 0.3) is 0 Å². The lowest BCUT2D eigenvalue weighted by Crippen LogP contribution is -2.13. The van der Waals surface area contributed by atoms with Gasteiger partial charge >= 0.3 is 0 Å². The first kappa shape index (κ1) is 8.96. The van der Waals surface area contributed by atoms with Crippen LogP contribution in [-0.4, -0.2) is 33.5 Å². The van der Waals surface area contributed by atoms with Crippen LogP contribution >= 0.6 is 0 Å². The van der Waals surface area contributed by atoms with Crippen molar-refractivity contribution in [1.82, 2.24) is 0 Å². The van der Waals surface area contributed by atoms with Crippen LogP contribution in [-0.2, 0) is 19.0 Å². The lowest BCUT2D eigenvalue weighted by molar-refractivity contribution is 0.266. The van der Waals surface area contributed by atoms with Crippen molar-refractivity contribution in [2.75, 3.05) is 19.0 Å². The number of epoxide rings is 1. The van der Waals surface area contributed by atoms with Crippen molar-refractivity contribution < 1.29 is 17.3 Å². The summed E-state index contributed by atoms with van der Waals surface area (Å²) in [6.45, 7) is 2.61. The summed E-state index contributed by atoms with van der Waals surface area (Å²) in [6.07, 6.45) is 0.607. The molecule has 1 heterocycles. The van der Waals surface area contributed by atoms with Gasteiger partial charge in [-0.1, -0.05) is 6.92 Å². The minimum Gasteiger partial charge on any atom is -0.371 e. The molecule has 1 aliphatic heterocycles. The smallest absolute Gasteiger partial charge is 0.267 e. The van der Waals surface area contributed by atoms with Gasteiger partial charge in [0.2, 0.25) is 0 Å². The van der Waals surface area contributed by atoms with Gasteiger partial charge in [0.05, 0.1) is 19.0 Å². The average Bonchev–Trinajstić information content (AvgIpc) is 2.65. The average molecular weight is 180 g/mol. The van der Waals surface area contributed by atoms with E-state index in [0.29, 0.717) is 13.0 Å². The molecule has 0 aromatic rings. The number of hydrogen-bond acceptors (Lipinski definition) is 4. The summed E-state index contributed by atoms with van der Waals surface area (Å²) >= 11 is 0. The SMILES string of the molecule is CCCS(=O)(=O)OCC1CO1. The van der Waals surface area contributed by atoms with E-state index in [4.69, 9.17) is 4.74 Å². The van der Waals surface area contributed by atoms with Gasteiger partial charge in [0.1, 0.15) is 6.10 Å². The molecule has 0 aliphatic carbocycles. The summed E-state index contributed by atoms with van der Waals surface area (Å²) < 4.78 is 31.2. The fraction of sp³-hybridized carbons (Fsp3) is 1.00. The lowest BCUT2D eigenvalue weighted by atomic mass is 10.5. The quantitative estimate of drug-likeness (QED) is 0.446. The molecule has 1 saturated heterocycles. The maximum Gasteiger partial charge on any atom is 0.267 e. The van der Waals surface area contributed by atoms with E-state index >= 15 is 0 Å². The van der Waals surface area contributed by atoms with Crippen molar-refractivity contribution in [2.45, 2.75) is 19.4 Å². The van der Waals surface area contributed by atoms with E-state index in [1.807, 2.05) is 0 Å². The van der Waals surface area contributed by atoms with Crippen molar-refractivity contribution in [3.05, 3.63) is 0 Å². The van der Waals surface area contributed by atoms with Gasteiger partial charge in [-0.2, -0.15) is 8.42 Å². The number of ether oxygens (including phenoxy) is 1. The monoisotopic (exact) mass is 180 g/mol. The molecule has 0 aromatic carbocycles. The molecule has 1 unspecified atom stereocenters. The highest BCUT2D eigenvalue weighted by molar-refractivity contribution is 7.86. The van der Waals surface area contributed by atoms with Gasteiger partial charge in [-0.05, 0) is 6.42 Å². The largest absolute Gasteiger partial charge is 0.371 e. The molecule has 0 N–H and O–H groups in total. The van der Waals surface area contributed by atoms with E-state index in [1.165, 1.54) is 0 Å². The second-order valence-electron chi connectivity index (χ2n) is 2.50. The van der Waals surface area contributed by atoms with Crippen LogP contribution in [0.1, 0.15) is 13.3 Å². The molecule has 0 saturated carbocycles. The molecular weight excluding hydrogens is 168 g/mol. The maximum atomic E-state index is 10.9. The Hall–Kier alpha value is -0.130. The van der Waals surface area contributed by atoms with E-state index in [9.17, 15) is 8.42 Å². The zero-order chi connectivity index (χ0) is 8.32. The highest BCUT2D eigenvalue weighted by atomic mass is 32.2. The fourth-order valence-electron chi connectivity index (χ4n) is 0.653. The van der Waals surface area contributed by atoms with Gasteiger partial charge in [-0.15, -0.1) is 0 Å². The van der Waals surface area contributed by atoms with E-state index in [-0.39, 0.29) is 18.5 Å². The van der Waals surface area contributed by atoms with Crippen LogP contribution in [0.3, 0.4) is 0 Å². The summed E-state index contributed by atoms with van der Waals surface area (Å²) in [5.41, 5.74) is 0. The predicted molar refractivity (Wildman–Crippen MR) is 39.8 cm³/mol. The second-order valence-corrected chi connectivity index (χ2v) is 4.26. The van der Waals surface area contributed by atoms with Gasteiger partial charge in [-0.25, -0.2) is 0 Å². The Morgan fingerprint density at radius 2 is 2.27 bits per heavy atom. The molecule has 1 aliphatic rings. The molecule has 1 fully saturated rings. The first-order chi connectivity index (χ1) is 5.14. The second kappa shape index (κ2) is 3.51. The summed E-state index contributed by atoms with van der Waals surface area (Å²) in [6, 6.07) is 0. The van der Waals surface area contributed by atoms with Crippen LogP contribution in [0, 0.1) is 0 Å². The van der Waals surface area contributed by atoms with E-state index < -0.39 is 10.1 Å². The molecule has 0 amide bonds. The van der Waals surface area contributed by atoms with Gasteiger partial charge < -0.3 is 4.74 Å². The Bertz CT molecular complexity index is 205. The van der Waals surface area contributed by atoms with Crippen LogP contribution in [0.2, 0.25) is 0 Å². The minimum atomic E-state index is -3.27. The fourth-order valence-corrected chi connectivity index (χ4v) is 1.63. The number of hydrogen-bond donors (Lipinski definition) is 0. The Labute approximate surface area is 66.6 Å². The van der Waals surface area contributed by atoms with Gasteiger partial charge in [-0.3, -0.25) is 4.18 Å². The Balaban J connectivity index is 2.21. The van der Waals surface area contributed by atoms with Crippen LogP contribution in [0.4, 0.5) is 0 Å². The highest BCUT2D eigenvalue weighted by Crippen LogP contribution is 2.10. The van der Waals surface area contributed by atoms with Crippen LogP contribution in [0.15, 0.2) is 0 Å². The molecule has 0 aromatic heterocycles. The van der Waals surface area contributed by atoms with Crippen LogP contribution in [0.5, 0.6) is 0 Å². The molecule has 0 spiro atoms. The van der Waals surface area contributed by atoms with Crippen molar-refractivity contribution in [3.8, 4) is 0 Å². The summed E-state index contributed by atoms with van der Waals surface area (Å²) in [4.78, 5) is 0. The molecule has 0 bridgehead atoms. The third kappa shape index (κ3) is 3.69. The standard InChI is InChI=1S/C6H12O4S/c1-2-3-11(7,8)10-5-6-4-9-6/h6H,2-5H2,1H3. The minimum absolute atomic E-state index is 0.0154. The molecular formula is C6H12O4S. The van der Waals surface area contributed by atoms with Crippen molar-refractivity contribution >= 4 is 10.1 Å². The summed E-state index contributed by atoms with van der Waals surface area (Å²) in [5.74, 6) is 0.0969. The highest BCUT2D eigenvalue weighted by Gasteiger charge is 2.25. The molecule has 1 rings (SSSR count). The van der Waals surface area contributed by atoms with Gasteiger partial charge in [0, 0.05) is 0 Å². The van der Waals surface area contributed by atoms with E-state index in [0.717, 1.165) is 0 Å². The predicted octanol–water partition coefficient (Wildman–Crippen LogP) is 0.142. The first-order valence-corrected chi connectivity index (χ1v) is 5.20. The molecule has 0 radical (unpaired) electrons.